The number of nitrogens with zero attached hydrogens (tertiary/aromatic N) is 3. The highest BCUT2D eigenvalue weighted by Gasteiger charge is 2.20. The molecule has 0 radical (unpaired) electrons. The summed E-state index contributed by atoms with van der Waals surface area (Å²) in [6.45, 7) is 0. The van der Waals surface area contributed by atoms with Crippen molar-refractivity contribution in [1.82, 2.24) is 10.2 Å². The fourth-order valence-electron chi connectivity index (χ4n) is 1.26. The molecule has 10 heteroatoms. The van der Waals surface area contributed by atoms with Crippen LogP contribution in [-0.2, 0) is 9.84 Å². The lowest BCUT2D eigenvalue weighted by Crippen LogP contribution is -1.96. The molecule has 1 aromatic carbocycles. The highest BCUT2D eigenvalue weighted by molar-refractivity contribution is 7.90. The summed E-state index contributed by atoms with van der Waals surface area (Å²) in [4.78, 5) is 10.1. The first-order valence-electron chi connectivity index (χ1n) is 4.77. The number of benzene rings is 1. The maximum absolute atomic E-state index is 11.2. The Morgan fingerprint density at radius 1 is 1.37 bits per heavy atom. The van der Waals surface area contributed by atoms with E-state index in [0.717, 1.165) is 12.3 Å². The van der Waals surface area contributed by atoms with Gasteiger partial charge in [0.25, 0.3) is 5.69 Å². The Morgan fingerprint density at radius 2 is 2.05 bits per heavy atom. The molecule has 0 fully saturated rings. The number of aromatic nitrogens is 2. The molecular formula is C9H6ClN3O5S. The van der Waals surface area contributed by atoms with Gasteiger partial charge in [0.1, 0.15) is 5.02 Å². The van der Waals surface area contributed by atoms with Crippen molar-refractivity contribution in [2.45, 2.75) is 5.22 Å². The Balaban J connectivity index is 2.51. The highest BCUT2D eigenvalue weighted by Crippen LogP contribution is 2.30. The van der Waals surface area contributed by atoms with Crippen LogP contribution in [0.1, 0.15) is 0 Å². The molecule has 1 heterocycles. The monoisotopic (exact) mass is 303 g/mol. The molecule has 0 amide bonds. The van der Waals surface area contributed by atoms with Gasteiger partial charge in [-0.2, -0.15) is 0 Å². The molecule has 0 aliphatic heterocycles. The van der Waals surface area contributed by atoms with Gasteiger partial charge in [-0.3, -0.25) is 10.1 Å². The van der Waals surface area contributed by atoms with E-state index in [4.69, 9.17) is 16.0 Å². The van der Waals surface area contributed by atoms with Crippen LogP contribution in [0.15, 0.2) is 27.8 Å². The van der Waals surface area contributed by atoms with Crippen LogP contribution in [0.4, 0.5) is 5.69 Å². The second-order valence-corrected chi connectivity index (χ2v) is 5.87. The van der Waals surface area contributed by atoms with Crippen LogP contribution in [0.2, 0.25) is 5.02 Å². The number of halogens is 1. The van der Waals surface area contributed by atoms with E-state index in [1.165, 1.54) is 12.1 Å². The van der Waals surface area contributed by atoms with Crippen molar-refractivity contribution in [3.8, 4) is 11.5 Å². The average Bonchev–Trinajstić information content (AvgIpc) is 2.78. The van der Waals surface area contributed by atoms with Crippen molar-refractivity contribution in [2.24, 2.45) is 0 Å². The lowest BCUT2D eigenvalue weighted by atomic mass is 10.2. The predicted molar refractivity (Wildman–Crippen MR) is 64.5 cm³/mol. The third-order valence-corrected chi connectivity index (χ3v) is 3.23. The second-order valence-electron chi connectivity index (χ2n) is 3.57. The molecule has 19 heavy (non-hydrogen) atoms. The van der Waals surface area contributed by atoms with Crippen molar-refractivity contribution < 1.29 is 17.8 Å². The number of nitro benzene ring substituents is 1. The molecule has 2 rings (SSSR count). The van der Waals surface area contributed by atoms with E-state index in [2.05, 4.69) is 10.2 Å². The van der Waals surface area contributed by atoms with Gasteiger partial charge in [0.2, 0.25) is 15.7 Å². The van der Waals surface area contributed by atoms with E-state index in [-0.39, 0.29) is 22.2 Å². The van der Waals surface area contributed by atoms with Crippen LogP contribution < -0.4 is 0 Å². The molecule has 2 aromatic rings. The largest absolute Gasteiger partial charge is 0.408 e. The molecule has 100 valence electrons. The fourth-order valence-corrected chi connectivity index (χ4v) is 1.87. The summed E-state index contributed by atoms with van der Waals surface area (Å²) < 4.78 is 27.3. The number of nitro groups is 1. The first-order valence-corrected chi connectivity index (χ1v) is 7.04. The third kappa shape index (κ3) is 2.71. The second kappa shape index (κ2) is 4.59. The summed E-state index contributed by atoms with van der Waals surface area (Å²) in [5.74, 6) is -0.139. The Hall–Kier alpha value is -2.00. The maximum Gasteiger partial charge on any atom is 0.335 e. The first-order chi connectivity index (χ1) is 8.79. The van der Waals surface area contributed by atoms with Crippen molar-refractivity contribution in [3.05, 3.63) is 33.3 Å². The predicted octanol–water partition coefficient (Wildman–Crippen LogP) is 1.70. The van der Waals surface area contributed by atoms with Crippen LogP contribution in [0, 0.1) is 10.1 Å². The van der Waals surface area contributed by atoms with Crippen LogP contribution in [0.5, 0.6) is 0 Å². The Labute approximate surface area is 112 Å². The normalized spacial score (nSPS) is 11.5. The molecule has 0 saturated carbocycles. The highest BCUT2D eigenvalue weighted by atomic mass is 35.5. The number of rotatable bonds is 3. The standard InChI is InChI=1S/C9H6ClN3O5S/c1-19(16,17)9-12-11-8(18-9)5-2-3-6(10)7(4-5)13(14)15/h2-4H,1H3. The Morgan fingerprint density at radius 3 is 2.58 bits per heavy atom. The van der Waals surface area contributed by atoms with E-state index in [0.29, 0.717) is 0 Å². The first kappa shape index (κ1) is 13.4. The Kier molecular flexibility index (Phi) is 3.25. The molecule has 0 spiro atoms. The summed E-state index contributed by atoms with van der Waals surface area (Å²) >= 11 is 5.65. The molecule has 0 saturated heterocycles. The minimum atomic E-state index is -3.62. The molecule has 0 unspecified atom stereocenters. The minimum absolute atomic E-state index is 0.0448. The van der Waals surface area contributed by atoms with E-state index in [1.54, 1.807) is 0 Å². The average molecular weight is 304 g/mol. The van der Waals surface area contributed by atoms with Gasteiger partial charge in [-0.15, -0.1) is 5.10 Å². The molecule has 0 bridgehead atoms. The van der Waals surface area contributed by atoms with Gasteiger partial charge < -0.3 is 4.42 Å². The van der Waals surface area contributed by atoms with Gasteiger partial charge in [-0.05, 0) is 12.1 Å². The van der Waals surface area contributed by atoms with Crippen LogP contribution in [0.25, 0.3) is 11.5 Å². The van der Waals surface area contributed by atoms with Crippen LogP contribution in [-0.4, -0.2) is 29.8 Å². The van der Waals surface area contributed by atoms with Crippen molar-refractivity contribution in [1.29, 1.82) is 0 Å². The summed E-state index contributed by atoms with van der Waals surface area (Å²) in [5, 5.41) is 17.0. The fraction of sp³-hybridized carbons (Fsp3) is 0.111. The molecule has 8 nitrogen and oxygen atoms in total. The van der Waals surface area contributed by atoms with Crippen LogP contribution in [0.3, 0.4) is 0 Å². The van der Waals surface area contributed by atoms with Gasteiger partial charge >= 0.3 is 5.22 Å². The van der Waals surface area contributed by atoms with Gasteiger partial charge in [0.15, 0.2) is 0 Å². The molecule has 0 atom stereocenters. The summed E-state index contributed by atoms with van der Waals surface area (Å²) in [6.07, 6.45) is 0.911. The van der Waals surface area contributed by atoms with Crippen molar-refractivity contribution in [2.75, 3.05) is 6.26 Å². The third-order valence-electron chi connectivity index (χ3n) is 2.11. The number of hydrogen-bond acceptors (Lipinski definition) is 7. The maximum atomic E-state index is 11.2. The molecular weight excluding hydrogens is 298 g/mol. The van der Waals surface area contributed by atoms with E-state index in [1.807, 2.05) is 0 Å². The lowest BCUT2D eigenvalue weighted by molar-refractivity contribution is -0.384. The van der Waals surface area contributed by atoms with Gasteiger partial charge in [-0.25, -0.2) is 8.42 Å². The topological polar surface area (TPSA) is 116 Å². The van der Waals surface area contributed by atoms with Crippen molar-refractivity contribution >= 4 is 27.1 Å². The van der Waals surface area contributed by atoms with E-state index in [9.17, 15) is 18.5 Å². The Bertz CT molecular complexity index is 755. The smallest absolute Gasteiger partial charge is 0.335 e. The molecule has 0 aliphatic carbocycles. The zero-order valence-corrected chi connectivity index (χ0v) is 11.0. The molecule has 0 aliphatic rings. The number of sulfone groups is 1. The lowest BCUT2D eigenvalue weighted by Gasteiger charge is -1.97. The van der Waals surface area contributed by atoms with Gasteiger partial charge in [0.05, 0.1) is 4.92 Å². The van der Waals surface area contributed by atoms with E-state index >= 15 is 0 Å². The SMILES string of the molecule is CS(=O)(=O)c1nnc(-c2ccc(Cl)c([N+](=O)[O-])c2)o1. The zero-order chi connectivity index (χ0) is 14.2. The molecule has 1 aromatic heterocycles. The quantitative estimate of drug-likeness (QED) is 0.625. The van der Waals surface area contributed by atoms with Gasteiger partial charge in [-0.1, -0.05) is 16.7 Å². The van der Waals surface area contributed by atoms with E-state index < -0.39 is 20.0 Å². The molecule has 0 N–H and O–H groups in total. The summed E-state index contributed by atoms with van der Waals surface area (Å²) in [6, 6.07) is 3.83. The summed E-state index contributed by atoms with van der Waals surface area (Å²) in [5.41, 5.74) is -0.128. The van der Waals surface area contributed by atoms with Gasteiger partial charge in [0, 0.05) is 17.9 Å². The summed E-state index contributed by atoms with van der Waals surface area (Å²) in [7, 11) is -3.62. The van der Waals surface area contributed by atoms with Crippen LogP contribution >= 0.6 is 11.6 Å². The zero-order valence-electron chi connectivity index (χ0n) is 9.40. The minimum Gasteiger partial charge on any atom is -0.408 e. The number of hydrogen-bond donors (Lipinski definition) is 0. The van der Waals surface area contributed by atoms with Crippen molar-refractivity contribution in [3.63, 3.8) is 0 Å².